The Labute approximate surface area is 164 Å². The van der Waals surface area contributed by atoms with Crippen molar-refractivity contribution < 1.29 is 4.74 Å². The third-order valence-corrected chi connectivity index (χ3v) is 5.03. The minimum absolute atomic E-state index is 0.327. The summed E-state index contributed by atoms with van der Waals surface area (Å²) in [6.07, 6.45) is 8.31. The molecule has 2 atom stereocenters. The molecule has 27 heavy (non-hydrogen) atoms. The first-order chi connectivity index (χ1) is 13.2. The van der Waals surface area contributed by atoms with Crippen LogP contribution in [-0.4, -0.2) is 47.0 Å². The van der Waals surface area contributed by atoms with E-state index in [-0.39, 0.29) is 0 Å². The molecule has 0 spiro atoms. The van der Waals surface area contributed by atoms with Crippen molar-refractivity contribution in [3.8, 4) is 0 Å². The Bertz CT molecular complexity index is 571. The van der Waals surface area contributed by atoms with Crippen molar-refractivity contribution in [2.75, 3.05) is 20.2 Å². The van der Waals surface area contributed by atoms with Crippen molar-refractivity contribution in [2.24, 2.45) is 10.9 Å². The summed E-state index contributed by atoms with van der Waals surface area (Å²) in [5.74, 6) is 3.45. The lowest BCUT2D eigenvalue weighted by molar-refractivity contribution is 0.177. The summed E-state index contributed by atoms with van der Waals surface area (Å²) in [4.78, 5) is 9.45. The Hall–Kier alpha value is -1.63. The van der Waals surface area contributed by atoms with Crippen LogP contribution in [0.4, 0.5) is 0 Å². The third-order valence-electron chi connectivity index (χ3n) is 5.03. The van der Waals surface area contributed by atoms with Gasteiger partial charge in [0.2, 0.25) is 0 Å². The standard InChI is InChI=1S/C20H38N6O/c1-5-8-10-16(9-6-2)13-22-20(21-7-3)23-17-11-12-19-24-18(15-27-4)25-26(19)14-17/h16-17H,5-15H2,1-4H3,(H2,21,22,23). The predicted octanol–water partition coefficient (Wildman–Crippen LogP) is 2.90. The fraction of sp³-hybridized carbons (Fsp3) is 0.850. The van der Waals surface area contributed by atoms with Crippen LogP contribution < -0.4 is 10.6 Å². The van der Waals surface area contributed by atoms with Crippen molar-refractivity contribution in [3.63, 3.8) is 0 Å². The van der Waals surface area contributed by atoms with E-state index in [2.05, 4.69) is 41.5 Å². The summed E-state index contributed by atoms with van der Waals surface area (Å²) >= 11 is 0. The highest BCUT2D eigenvalue weighted by Gasteiger charge is 2.22. The van der Waals surface area contributed by atoms with Crippen LogP contribution in [-0.2, 0) is 24.3 Å². The molecule has 0 bridgehead atoms. The number of ether oxygens (including phenoxy) is 1. The largest absolute Gasteiger partial charge is 0.377 e. The van der Waals surface area contributed by atoms with Gasteiger partial charge < -0.3 is 15.4 Å². The van der Waals surface area contributed by atoms with E-state index in [1.54, 1.807) is 7.11 Å². The molecule has 7 nitrogen and oxygen atoms in total. The number of guanidine groups is 1. The van der Waals surface area contributed by atoms with E-state index in [9.17, 15) is 0 Å². The van der Waals surface area contributed by atoms with E-state index < -0.39 is 0 Å². The number of hydrogen-bond acceptors (Lipinski definition) is 4. The van der Waals surface area contributed by atoms with Crippen molar-refractivity contribution in [1.29, 1.82) is 0 Å². The topological polar surface area (TPSA) is 76.4 Å². The second-order valence-electron chi connectivity index (χ2n) is 7.46. The number of nitrogens with one attached hydrogen (secondary N) is 2. The molecule has 1 aromatic heterocycles. The number of methoxy groups -OCH3 is 1. The monoisotopic (exact) mass is 378 g/mol. The Morgan fingerprint density at radius 3 is 2.85 bits per heavy atom. The first kappa shape index (κ1) is 21.7. The van der Waals surface area contributed by atoms with E-state index in [0.717, 1.165) is 50.1 Å². The summed E-state index contributed by atoms with van der Waals surface area (Å²) in [6.45, 7) is 9.72. The lowest BCUT2D eigenvalue weighted by atomic mass is 9.97. The fourth-order valence-electron chi connectivity index (χ4n) is 3.63. The third kappa shape index (κ3) is 7.13. The second-order valence-corrected chi connectivity index (χ2v) is 7.46. The molecular weight excluding hydrogens is 340 g/mol. The van der Waals surface area contributed by atoms with Gasteiger partial charge in [-0.15, -0.1) is 0 Å². The fourth-order valence-corrected chi connectivity index (χ4v) is 3.63. The van der Waals surface area contributed by atoms with Gasteiger partial charge in [-0.2, -0.15) is 5.10 Å². The summed E-state index contributed by atoms with van der Waals surface area (Å²) < 4.78 is 7.16. The summed E-state index contributed by atoms with van der Waals surface area (Å²) in [7, 11) is 1.68. The van der Waals surface area contributed by atoms with Crippen molar-refractivity contribution in [3.05, 3.63) is 11.6 Å². The van der Waals surface area contributed by atoms with E-state index in [0.29, 0.717) is 18.6 Å². The van der Waals surface area contributed by atoms with Gasteiger partial charge in [-0.05, 0) is 32.1 Å². The molecule has 2 N–H and O–H groups in total. The van der Waals surface area contributed by atoms with Gasteiger partial charge in [-0.1, -0.05) is 33.1 Å². The van der Waals surface area contributed by atoms with Crippen LogP contribution >= 0.6 is 0 Å². The molecule has 2 unspecified atom stereocenters. The van der Waals surface area contributed by atoms with E-state index in [1.807, 2.05) is 4.68 Å². The smallest absolute Gasteiger partial charge is 0.191 e. The molecule has 154 valence electrons. The Balaban J connectivity index is 1.94. The summed E-state index contributed by atoms with van der Waals surface area (Å²) in [5, 5.41) is 11.6. The van der Waals surface area contributed by atoms with Crippen molar-refractivity contribution in [1.82, 2.24) is 25.4 Å². The van der Waals surface area contributed by atoms with Crippen LogP contribution in [0.3, 0.4) is 0 Å². The van der Waals surface area contributed by atoms with Crippen LogP contribution in [0.2, 0.25) is 0 Å². The molecule has 1 aromatic rings. The van der Waals surface area contributed by atoms with E-state index >= 15 is 0 Å². The number of nitrogens with zero attached hydrogens (tertiary/aromatic N) is 4. The Morgan fingerprint density at radius 1 is 1.30 bits per heavy atom. The lowest BCUT2D eigenvalue weighted by Crippen LogP contribution is -2.47. The maximum Gasteiger partial charge on any atom is 0.191 e. The Kier molecular flexibility index (Phi) is 9.59. The molecule has 0 amide bonds. The highest BCUT2D eigenvalue weighted by atomic mass is 16.5. The molecule has 7 heteroatoms. The zero-order chi connectivity index (χ0) is 19.5. The zero-order valence-electron chi connectivity index (χ0n) is 17.6. The first-order valence-electron chi connectivity index (χ1n) is 10.7. The van der Waals surface area contributed by atoms with Gasteiger partial charge in [0, 0.05) is 32.7 Å². The predicted molar refractivity (Wildman–Crippen MR) is 110 cm³/mol. The van der Waals surface area contributed by atoms with Crippen LogP contribution in [0.15, 0.2) is 4.99 Å². The molecule has 2 rings (SSSR count). The highest BCUT2D eigenvalue weighted by Crippen LogP contribution is 2.16. The molecular formula is C20H38N6O. The van der Waals surface area contributed by atoms with Gasteiger partial charge in [0.25, 0.3) is 0 Å². The molecule has 1 aliphatic rings. The molecule has 0 saturated heterocycles. The van der Waals surface area contributed by atoms with Gasteiger partial charge in [0.15, 0.2) is 11.8 Å². The Morgan fingerprint density at radius 2 is 2.15 bits per heavy atom. The van der Waals surface area contributed by atoms with Gasteiger partial charge in [-0.3, -0.25) is 4.99 Å². The van der Waals surface area contributed by atoms with E-state index in [1.165, 1.54) is 32.1 Å². The number of fused-ring (bicyclic) bond motifs is 1. The van der Waals surface area contributed by atoms with Gasteiger partial charge in [0.05, 0.1) is 6.54 Å². The maximum atomic E-state index is 5.15. The number of aliphatic imine (C=N–C) groups is 1. The summed E-state index contributed by atoms with van der Waals surface area (Å²) in [5.41, 5.74) is 0. The van der Waals surface area contributed by atoms with Crippen LogP contribution in [0, 0.1) is 5.92 Å². The normalized spacial score (nSPS) is 18.2. The average Bonchev–Trinajstić information content (AvgIpc) is 3.06. The van der Waals surface area contributed by atoms with Crippen LogP contribution in [0.1, 0.15) is 70.9 Å². The number of rotatable bonds is 11. The maximum absolute atomic E-state index is 5.15. The highest BCUT2D eigenvalue weighted by molar-refractivity contribution is 5.80. The van der Waals surface area contributed by atoms with Crippen molar-refractivity contribution >= 4 is 5.96 Å². The molecule has 0 radical (unpaired) electrons. The van der Waals surface area contributed by atoms with Gasteiger partial charge >= 0.3 is 0 Å². The molecule has 1 aliphatic heterocycles. The SMILES string of the molecule is CCCCC(CCC)CN=C(NCC)NC1CCc2nc(COC)nn2C1. The minimum atomic E-state index is 0.327. The van der Waals surface area contributed by atoms with Gasteiger partial charge in [0.1, 0.15) is 12.4 Å². The summed E-state index contributed by atoms with van der Waals surface area (Å²) in [6, 6.07) is 0.327. The first-order valence-corrected chi connectivity index (χ1v) is 10.7. The number of hydrogen-bond donors (Lipinski definition) is 2. The van der Waals surface area contributed by atoms with Crippen LogP contribution in [0.25, 0.3) is 0 Å². The van der Waals surface area contributed by atoms with E-state index in [4.69, 9.17) is 9.73 Å². The second kappa shape index (κ2) is 12.0. The number of aromatic nitrogens is 3. The minimum Gasteiger partial charge on any atom is -0.377 e. The number of aryl methyl sites for hydroxylation is 1. The lowest BCUT2D eigenvalue weighted by Gasteiger charge is -2.25. The van der Waals surface area contributed by atoms with Gasteiger partial charge in [-0.25, -0.2) is 9.67 Å². The number of unbranched alkanes of at least 4 members (excludes halogenated alkanes) is 1. The molecule has 0 aliphatic carbocycles. The molecule has 0 saturated carbocycles. The molecule has 0 aromatic carbocycles. The molecule has 2 heterocycles. The molecule has 0 fully saturated rings. The quantitative estimate of drug-likeness (QED) is 0.457. The van der Waals surface area contributed by atoms with Crippen LogP contribution in [0.5, 0.6) is 0 Å². The zero-order valence-corrected chi connectivity index (χ0v) is 17.6. The van der Waals surface area contributed by atoms with Crippen molar-refractivity contribution in [2.45, 2.75) is 84.9 Å². The average molecular weight is 379 g/mol.